The number of hydrogen-bond acceptors (Lipinski definition) is 9. The maximum Gasteiger partial charge on any atom is 0.351 e. The molecule has 0 unspecified atom stereocenters. The molecule has 0 fully saturated rings. The average Bonchev–Trinajstić information content (AvgIpc) is 3.30. The molecule has 0 saturated heterocycles. The predicted molar refractivity (Wildman–Crippen MR) is 90.1 cm³/mol. The van der Waals surface area contributed by atoms with E-state index in [0.717, 1.165) is 5.39 Å². The summed E-state index contributed by atoms with van der Waals surface area (Å²) in [7, 11) is 0. The van der Waals surface area contributed by atoms with E-state index < -0.39 is 5.97 Å². The lowest BCUT2D eigenvalue weighted by Gasteiger charge is -2.07. The number of tetrazole rings is 1. The fourth-order valence-corrected chi connectivity index (χ4v) is 3.09. The molecule has 0 aliphatic heterocycles. The number of nitrogens with zero attached hydrogens (tertiary/aromatic N) is 6. The zero-order valence-electron chi connectivity index (χ0n) is 12.7. The van der Waals surface area contributed by atoms with Crippen LogP contribution in [-0.4, -0.2) is 36.1 Å². The topological polar surface area (TPSA) is 122 Å². The van der Waals surface area contributed by atoms with Crippen molar-refractivity contribution in [3.05, 3.63) is 52.7 Å². The Morgan fingerprint density at radius 3 is 2.96 bits per heavy atom. The highest BCUT2D eigenvalue weighted by atomic mass is 32.1. The molecule has 0 spiro atoms. The number of ether oxygens (including phenoxy) is 1. The van der Waals surface area contributed by atoms with Crippen LogP contribution in [0.1, 0.15) is 15.5 Å². The summed E-state index contributed by atoms with van der Waals surface area (Å²) < 4.78 is 6.72. The van der Waals surface area contributed by atoms with Crippen LogP contribution in [0, 0.1) is 0 Å². The number of hydrogen-bond donors (Lipinski definition) is 1. The van der Waals surface area contributed by atoms with Gasteiger partial charge in [0.05, 0.1) is 11.2 Å². The van der Waals surface area contributed by atoms with E-state index in [4.69, 9.17) is 10.5 Å². The molecule has 124 valence electrons. The molecule has 3 aromatic heterocycles. The molecule has 1 aromatic carbocycles. The van der Waals surface area contributed by atoms with Crippen LogP contribution in [0.4, 0.5) is 5.82 Å². The van der Waals surface area contributed by atoms with Gasteiger partial charge in [0.1, 0.15) is 17.0 Å². The minimum atomic E-state index is -0.504. The van der Waals surface area contributed by atoms with E-state index in [-0.39, 0.29) is 6.61 Å². The van der Waals surface area contributed by atoms with Gasteiger partial charge in [-0.2, -0.15) is 4.68 Å². The molecule has 3 heterocycles. The molecule has 0 aliphatic rings. The molecule has 10 heteroatoms. The van der Waals surface area contributed by atoms with Gasteiger partial charge in [-0.15, -0.1) is 16.4 Å². The third kappa shape index (κ3) is 2.90. The second kappa shape index (κ2) is 6.24. The Kier molecular flexibility index (Phi) is 3.78. The van der Waals surface area contributed by atoms with Gasteiger partial charge in [-0.1, -0.05) is 12.1 Å². The van der Waals surface area contributed by atoms with Crippen LogP contribution in [0.15, 0.2) is 42.0 Å². The minimum Gasteiger partial charge on any atom is -0.453 e. The molecule has 0 amide bonds. The molecule has 4 rings (SSSR count). The molecular formula is C15H11N7O2S. The first-order valence-electron chi connectivity index (χ1n) is 7.21. The van der Waals surface area contributed by atoms with Gasteiger partial charge in [0.25, 0.3) is 0 Å². The standard InChI is InChI=1S/C15H11N7O2S/c16-14-9-3-1-2-4-10(9)18-12(19-14)7-24-15(23)13-11(5-6-25-13)22-8-17-20-21-22/h1-6,8H,7H2,(H2,16,18,19). The lowest BCUT2D eigenvalue weighted by atomic mass is 10.2. The molecular weight excluding hydrogens is 342 g/mol. The summed E-state index contributed by atoms with van der Waals surface area (Å²) in [6, 6.07) is 9.12. The normalized spacial score (nSPS) is 10.9. The maximum absolute atomic E-state index is 12.4. The Bertz CT molecular complexity index is 1050. The average molecular weight is 353 g/mol. The third-order valence-electron chi connectivity index (χ3n) is 3.44. The number of anilines is 1. The first-order chi connectivity index (χ1) is 12.2. The summed E-state index contributed by atoms with van der Waals surface area (Å²) in [4.78, 5) is 21.3. The van der Waals surface area contributed by atoms with E-state index in [2.05, 4.69) is 25.5 Å². The van der Waals surface area contributed by atoms with Crippen LogP contribution < -0.4 is 5.73 Å². The third-order valence-corrected chi connectivity index (χ3v) is 4.32. The molecule has 9 nitrogen and oxygen atoms in total. The number of fused-ring (bicyclic) bond motifs is 1. The highest BCUT2D eigenvalue weighted by Crippen LogP contribution is 2.22. The number of nitrogen functional groups attached to an aromatic ring is 1. The Hall–Kier alpha value is -3.40. The summed E-state index contributed by atoms with van der Waals surface area (Å²) in [6.07, 6.45) is 1.41. The fraction of sp³-hybridized carbons (Fsp3) is 0.0667. The quantitative estimate of drug-likeness (QED) is 0.549. The molecule has 0 atom stereocenters. The van der Waals surface area contributed by atoms with Crippen LogP contribution in [0.3, 0.4) is 0 Å². The second-order valence-corrected chi connectivity index (χ2v) is 5.92. The van der Waals surface area contributed by atoms with Crippen LogP contribution in [0.5, 0.6) is 0 Å². The van der Waals surface area contributed by atoms with Crippen molar-refractivity contribution in [2.75, 3.05) is 5.73 Å². The first-order valence-corrected chi connectivity index (χ1v) is 8.09. The van der Waals surface area contributed by atoms with Crippen molar-refractivity contribution in [3.63, 3.8) is 0 Å². The van der Waals surface area contributed by atoms with Crippen molar-refractivity contribution >= 4 is 34.0 Å². The van der Waals surface area contributed by atoms with Crippen LogP contribution in [0.25, 0.3) is 16.6 Å². The van der Waals surface area contributed by atoms with Gasteiger partial charge in [-0.25, -0.2) is 14.8 Å². The van der Waals surface area contributed by atoms with E-state index in [1.165, 1.54) is 22.3 Å². The summed E-state index contributed by atoms with van der Waals surface area (Å²) in [5.41, 5.74) is 7.19. The molecule has 0 aliphatic carbocycles. The predicted octanol–water partition coefficient (Wildman–Crippen LogP) is 1.61. The Morgan fingerprint density at radius 2 is 2.12 bits per heavy atom. The van der Waals surface area contributed by atoms with Crippen LogP contribution in [-0.2, 0) is 11.3 Å². The SMILES string of the molecule is Nc1nc(COC(=O)c2sccc2-n2cnnn2)nc2ccccc12. The molecule has 25 heavy (non-hydrogen) atoms. The monoisotopic (exact) mass is 353 g/mol. The zero-order chi connectivity index (χ0) is 17.2. The number of nitrogens with two attached hydrogens (primary N) is 1. The van der Waals surface area contributed by atoms with Crippen molar-refractivity contribution in [1.82, 2.24) is 30.2 Å². The number of carbonyl (C=O) groups excluding carboxylic acids is 1. The van der Waals surface area contributed by atoms with E-state index in [9.17, 15) is 4.79 Å². The molecule has 0 saturated carbocycles. The van der Waals surface area contributed by atoms with Crippen molar-refractivity contribution in [3.8, 4) is 5.69 Å². The molecule has 4 aromatic rings. The van der Waals surface area contributed by atoms with Gasteiger partial charge < -0.3 is 10.5 Å². The number of rotatable bonds is 4. The molecule has 0 bridgehead atoms. The zero-order valence-corrected chi connectivity index (χ0v) is 13.6. The molecule has 2 N–H and O–H groups in total. The van der Waals surface area contributed by atoms with E-state index in [1.54, 1.807) is 11.4 Å². The Balaban J connectivity index is 1.54. The van der Waals surface area contributed by atoms with Gasteiger partial charge >= 0.3 is 5.97 Å². The first kappa shape index (κ1) is 15.1. The van der Waals surface area contributed by atoms with Gasteiger partial charge in [-0.3, -0.25) is 0 Å². The van der Waals surface area contributed by atoms with Crippen molar-refractivity contribution in [2.24, 2.45) is 0 Å². The summed E-state index contributed by atoms with van der Waals surface area (Å²) >= 11 is 1.24. The Morgan fingerprint density at radius 1 is 1.24 bits per heavy atom. The van der Waals surface area contributed by atoms with Gasteiger partial charge in [0, 0.05) is 5.39 Å². The Labute approximate surface area is 145 Å². The smallest absolute Gasteiger partial charge is 0.351 e. The number of para-hydroxylation sites is 1. The van der Waals surface area contributed by atoms with Gasteiger partial charge in [0.15, 0.2) is 12.4 Å². The van der Waals surface area contributed by atoms with Crippen molar-refractivity contribution in [2.45, 2.75) is 6.61 Å². The largest absolute Gasteiger partial charge is 0.453 e. The lowest BCUT2D eigenvalue weighted by Crippen LogP contribution is -2.10. The number of esters is 1. The summed E-state index contributed by atoms with van der Waals surface area (Å²) in [5.74, 6) is 0.183. The minimum absolute atomic E-state index is 0.0825. The van der Waals surface area contributed by atoms with Crippen LogP contribution >= 0.6 is 11.3 Å². The van der Waals surface area contributed by atoms with E-state index in [1.807, 2.05) is 24.3 Å². The van der Waals surface area contributed by atoms with Crippen molar-refractivity contribution < 1.29 is 9.53 Å². The lowest BCUT2D eigenvalue weighted by molar-refractivity contribution is 0.0468. The summed E-state index contributed by atoms with van der Waals surface area (Å²) in [5, 5.41) is 13.4. The highest BCUT2D eigenvalue weighted by molar-refractivity contribution is 7.12. The van der Waals surface area contributed by atoms with Crippen molar-refractivity contribution in [1.29, 1.82) is 0 Å². The maximum atomic E-state index is 12.4. The van der Waals surface area contributed by atoms with E-state index >= 15 is 0 Å². The summed E-state index contributed by atoms with van der Waals surface area (Å²) in [6.45, 7) is -0.0825. The fourth-order valence-electron chi connectivity index (χ4n) is 2.32. The number of carbonyl (C=O) groups is 1. The second-order valence-electron chi connectivity index (χ2n) is 5.01. The van der Waals surface area contributed by atoms with E-state index in [0.29, 0.717) is 27.7 Å². The van der Waals surface area contributed by atoms with Gasteiger partial charge in [0.2, 0.25) is 0 Å². The molecule has 0 radical (unpaired) electrons. The van der Waals surface area contributed by atoms with Crippen LogP contribution in [0.2, 0.25) is 0 Å². The van der Waals surface area contributed by atoms with Gasteiger partial charge in [-0.05, 0) is 34.0 Å². The number of thiophene rings is 1. The number of benzene rings is 1. The number of aromatic nitrogens is 6. The highest BCUT2D eigenvalue weighted by Gasteiger charge is 2.18.